The van der Waals surface area contributed by atoms with Gasteiger partial charge in [0.25, 0.3) is 0 Å². The van der Waals surface area contributed by atoms with E-state index in [0.717, 1.165) is 24.1 Å². The number of hydrogen-bond donors (Lipinski definition) is 1. The highest BCUT2D eigenvalue weighted by molar-refractivity contribution is 9.10. The molecule has 0 fully saturated rings. The minimum absolute atomic E-state index is 0.310. The van der Waals surface area contributed by atoms with Crippen molar-refractivity contribution in [2.24, 2.45) is 0 Å². The molecule has 1 atom stereocenters. The first-order chi connectivity index (χ1) is 10.0. The molecule has 2 rings (SSSR count). The van der Waals surface area contributed by atoms with Gasteiger partial charge in [-0.15, -0.1) is 0 Å². The highest BCUT2D eigenvalue weighted by atomic mass is 79.9. The SMILES string of the molecule is CCCNC(c1cc(F)ccc1C)c1cccc(Br)c1F. The summed E-state index contributed by atoms with van der Waals surface area (Å²) in [5, 5.41) is 3.31. The van der Waals surface area contributed by atoms with Crippen molar-refractivity contribution in [1.82, 2.24) is 5.32 Å². The fourth-order valence-corrected chi connectivity index (χ4v) is 2.72. The van der Waals surface area contributed by atoms with Crippen molar-refractivity contribution in [2.75, 3.05) is 6.54 Å². The van der Waals surface area contributed by atoms with E-state index in [9.17, 15) is 8.78 Å². The Morgan fingerprint density at radius 1 is 1.14 bits per heavy atom. The van der Waals surface area contributed by atoms with Gasteiger partial charge in [0, 0.05) is 5.56 Å². The van der Waals surface area contributed by atoms with Crippen LogP contribution in [0, 0.1) is 18.6 Å². The van der Waals surface area contributed by atoms with Gasteiger partial charge in [-0.1, -0.05) is 25.1 Å². The smallest absolute Gasteiger partial charge is 0.142 e. The first-order valence-electron chi connectivity index (χ1n) is 6.98. The number of halogens is 3. The van der Waals surface area contributed by atoms with Crippen molar-refractivity contribution in [3.05, 3.63) is 69.2 Å². The Labute approximate surface area is 132 Å². The van der Waals surface area contributed by atoms with Gasteiger partial charge in [-0.2, -0.15) is 0 Å². The maximum absolute atomic E-state index is 14.4. The van der Waals surface area contributed by atoms with E-state index >= 15 is 0 Å². The average molecular weight is 354 g/mol. The second-order valence-electron chi connectivity index (χ2n) is 5.03. The number of aryl methyl sites for hydroxylation is 1. The Bertz CT molecular complexity index is 626. The number of nitrogens with one attached hydrogen (secondary N) is 1. The highest BCUT2D eigenvalue weighted by Crippen LogP contribution is 2.30. The van der Waals surface area contributed by atoms with Gasteiger partial charge in [-0.05, 0) is 65.1 Å². The first-order valence-corrected chi connectivity index (χ1v) is 7.77. The second-order valence-corrected chi connectivity index (χ2v) is 5.89. The van der Waals surface area contributed by atoms with E-state index < -0.39 is 0 Å². The third kappa shape index (κ3) is 3.69. The van der Waals surface area contributed by atoms with E-state index in [1.54, 1.807) is 24.3 Å². The zero-order valence-corrected chi connectivity index (χ0v) is 13.7. The van der Waals surface area contributed by atoms with Gasteiger partial charge < -0.3 is 5.32 Å². The molecule has 1 nitrogen and oxygen atoms in total. The predicted octanol–water partition coefficient (Wildman–Crippen LogP) is 5.12. The normalized spacial score (nSPS) is 12.4. The second kappa shape index (κ2) is 7.14. The summed E-state index contributed by atoms with van der Waals surface area (Å²) in [5.41, 5.74) is 2.22. The van der Waals surface area contributed by atoms with Crippen LogP contribution in [0.5, 0.6) is 0 Å². The van der Waals surface area contributed by atoms with Gasteiger partial charge in [0.15, 0.2) is 0 Å². The van der Waals surface area contributed by atoms with Crippen molar-refractivity contribution in [2.45, 2.75) is 26.3 Å². The minimum Gasteiger partial charge on any atom is -0.306 e. The van der Waals surface area contributed by atoms with E-state index in [-0.39, 0.29) is 17.7 Å². The molecular weight excluding hydrogens is 336 g/mol. The number of hydrogen-bond acceptors (Lipinski definition) is 1. The van der Waals surface area contributed by atoms with Crippen molar-refractivity contribution >= 4 is 15.9 Å². The highest BCUT2D eigenvalue weighted by Gasteiger charge is 2.20. The lowest BCUT2D eigenvalue weighted by atomic mass is 9.94. The summed E-state index contributed by atoms with van der Waals surface area (Å²) in [6.07, 6.45) is 0.917. The monoisotopic (exact) mass is 353 g/mol. The zero-order chi connectivity index (χ0) is 15.4. The van der Waals surface area contributed by atoms with Gasteiger partial charge in [0.2, 0.25) is 0 Å². The van der Waals surface area contributed by atoms with E-state index in [1.165, 1.54) is 12.1 Å². The summed E-state index contributed by atoms with van der Waals surface area (Å²) in [6.45, 7) is 4.68. The predicted molar refractivity (Wildman–Crippen MR) is 85.4 cm³/mol. The molecular formula is C17H18BrF2N. The Morgan fingerprint density at radius 2 is 1.90 bits per heavy atom. The molecule has 0 amide bonds. The quantitative estimate of drug-likeness (QED) is 0.785. The molecule has 0 heterocycles. The zero-order valence-electron chi connectivity index (χ0n) is 12.1. The molecule has 0 radical (unpaired) electrons. The van der Waals surface area contributed by atoms with Gasteiger partial charge in [0.1, 0.15) is 11.6 Å². The van der Waals surface area contributed by atoms with Gasteiger partial charge in [-0.25, -0.2) is 8.78 Å². The van der Waals surface area contributed by atoms with E-state index in [4.69, 9.17) is 0 Å². The topological polar surface area (TPSA) is 12.0 Å². The lowest BCUT2D eigenvalue weighted by Crippen LogP contribution is -2.25. The molecule has 0 spiro atoms. The Kier molecular flexibility index (Phi) is 5.48. The summed E-state index contributed by atoms with van der Waals surface area (Å²) >= 11 is 3.21. The van der Waals surface area contributed by atoms with Crippen molar-refractivity contribution in [1.29, 1.82) is 0 Å². The Balaban J connectivity index is 2.52. The van der Waals surface area contributed by atoms with Crippen LogP contribution in [0.3, 0.4) is 0 Å². The van der Waals surface area contributed by atoms with Crippen molar-refractivity contribution in [3.8, 4) is 0 Å². The number of benzene rings is 2. The third-order valence-corrected chi connectivity index (χ3v) is 4.06. The molecule has 0 aliphatic rings. The van der Waals surface area contributed by atoms with Crippen molar-refractivity contribution < 1.29 is 8.78 Å². The van der Waals surface area contributed by atoms with E-state index in [1.807, 2.05) is 13.8 Å². The van der Waals surface area contributed by atoms with Crippen molar-refractivity contribution in [3.63, 3.8) is 0 Å². The molecule has 112 valence electrons. The van der Waals surface area contributed by atoms with Crippen LogP contribution in [0.1, 0.15) is 36.1 Å². The van der Waals surface area contributed by atoms with Crippen LogP contribution in [0.25, 0.3) is 0 Å². The Morgan fingerprint density at radius 3 is 2.62 bits per heavy atom. The molecule has 2 aromatic carbocycles. The fourth-order valence-electron chi connectivity index (χ4n) is 2.34. The fraction of sp³-hybridized carbons (Fsp3) is 0.294. The molecule has 1 unspecified atom stereocenters. The standard InChI is InChI=1S/C17H18BrF2N/c1-3-9-21-17(13-5-4-6-15(18)16(13)20)14-10-12(19)8-7-11(14)2/h4-8,10,17,21H,3,9H2,1-2H3. The van der Waals surface area contributed by atoms with Crippen LogP contribution < -0.4 is 5.32 Å². The van der Waals surface area contributed by atoms with Gasteiger partial charge >= 0.3 is 0 Å². The van der Waals surface area contributed by atoms with E-state index in [0.29, 0.717) is 10.0 Å². The largest absolute Gasteiger partial charge is 0.306 e. The van der Waals surface area contributed by atoms with Crippen LogP contribution in [0.2, 0.25) is 0 Å². The maximum atomic E-state index is 14.4. The number of rotatable bonds is 5. The summed E-state index contributed by atoms with van der Waals surface area (Å²) in [5.74, 6) is -0.621. The molecule has 0 aliphatic carbocycles. The van der Waals surface area contributed by atoms with E-state index in [2.05, 4.69) is 21.2 Å². The summed E-state index contributed by atoms with van der Waals surface area (Å²) in [6, 6.07) is 9.44. The molecule has 2 aromatic rings. The summed E-state index contributed by atoms with van der Waals surface area (Å²) in [4.78, 5) is 0. The minimum atomic E-state index is -0.363. The molecule has 4 heteroatoms. The van der Waals surface area contributed by atoms with Gasteiger partial charge in [-0.3, -0.25) is 0 Å². The van der Waals surface area contributed by atoms with Gasteiger partial charge in [0.05, 0.1) is 10.5 Å². The Hall–Kier alpha value is -1.26. The molecule has 21 heavy (non-hydrogen) atoms. The third-order valence-electron chi connectivity index (χ3n) is 3.44. The van der Waals surface area contributed by atoms with Crippen LogP contribution in [-0.4, -0.2) is 6.54 Å². The van der Waals surface area contributed by atoms with Crippen LogP contribution in [-0.2, 0) is 0 Å². The lowest BCUT2D eigenvalue weighted by molar-refractivity contribution is 0.538. The first kappa shape index (κ1) is 16.1. The summed E-state index contributed by atoms with van der Waals surface area (Å²) < 4.78 is 28.4. The molecule has 1 N–H and O–H groups in total. The maximum Gasteiger partial charge on any atom is 0.142 e. The molecule has 0 aliphatic heterocycles. The average Bonchev–Trinajstić information content (AvgIpc) is 2.47. The van der Waals surface area contributed by atoms with Crippen LogP contribution in [0.4, 0.5) is 8.78 Å². The molecule has 0 saturated carbocycles. The molecule has 0 saturated heterocycles. The van der Waals surface area contributed by atoms with Crippen LogP contribution in [0.15, 0.2) is 40.9 Å². The van der Waals surface area contributed by atoms with Crippen LogP contribution >= 0.6 is 15.9 Å². The molecule has 0 bridgehead atoms. The summed E-state index contributed by atoms with van der Waals surface area (Å²) in [7, 11) is 0. The lowest BCUT2D eigenvalue weighted by Gasteiger charge is -2.22. The molecule has 0 aromatic heterocycles.